The van der Waals surface area contributed by atoms with E-state index in [9.17, 15) is 9.90 Å². The second-order valence-corrected chi connectivity index (χ2v) is 5.46. The molecule has 0 aliphatic carbocycles. The van der Waals surface area contributed by atoms with Crippen molar-refractivity contribution >= 4 is 5.91 Å². The molecule has 3 heterocycles. The number of nitrogens with one attached hydrogen (secondary N) is 1. The predicted molar refractivity (Wildman–Crippen MR) is 84.9 cm³/mol. The second-order valence-electron chi connectivity index (χ2n) is 5.46. The maximum atomic E-state index is 12.2. The summed E-state index contributed by atoms with van der Waals surface area (Å²) in [6.07, 6.45) is 4.33. The third-order valence-corrected chi connectivity index (χ3v) is 3.51. The highest BCUT2D eigenvalue weighted by Crippen LogP contribution is 2.20. The van der Waals surface area contributed by atoms with Crippen LogP contribution in [0.15, 0.2) is 57.9 Å². The molecule has 0 aliphatic rings. The summed E-state index contributed by atoms with van der Waals surface area (Å²) >= 11 is 0. The van der Waals surface area contributed by atoms with Crippen LogP contribution in [0.1, 0.15) is 35.7 Å². The summed E-state index contributed by atoms with van der Waals surface area (Å²) in [5.41, 5.74) is 0.915. The van der Waals surface area contributed by atoms with Gasteiger partial charge in [-0.3, -0.25) is 9.78 Å². The number of hydrogen-bond donors (Lipinski definition) is 2. The zero-order valence-corrected chi connectivity index (χ0v) is 13.0. The van der Waals surface area contributed by atoms with Crippen molar-refractivity contribution in [3.8, 4) is 11.3 Å². The van der Waals surface area contributed by atoms with E-state index in [4.69, 9.17) is 8.94 Å². The maximum Gasteiger partial charge on any atom is 0.273 e. The zero-order valence-electron chi connectivity index (χ0n) is 13.0. The summed E-state index contributed by atoms with van der Waals surface area (Å²) < 4.78 is 10.3. The third-order valence-electron chi connectivity index (χ3n) is 3.51. The van der Waals surface area contributed by atoms with E-state index in [-0.39, 0.29) is 17.6 Å². The molecule has 2 unspecified atom stereocenters. The van der Waals surface area contributed by atoms with Crippen molar-refractivity contribution < 1.29 is 18.8 Å². The highest BCUT2D eigenvalue weighted by molar-refractivity contribution is 5.93. The number of hydrogen-bond acceptors (Lipinski definition) is 6. The average molecular weight is 327 g/mol. The summed E-state index contributed by atoms with van der Waals surface area (Å²) in [4.78, 5) is 16.2. The Hall–Kier alpha value is -2.93. The summed E-state index contributed by atoms with van der Waals surface area (Å²) in [6, 6.07) is 8.28. The van der Waals surface area contributed by atoms with Gasteiger partial charge in [0.2, 0.25) is 0 Å². The molecule has 3 rings (SSSR count). The SMILES string of the molecule is CC(CC(O)c1ccco1)NC(=O)c1cc(-c2cccnc2)on1. The number of pyridine rings is 1. The van der Waals surface area contributed by atoms with E-state index in [0.29, 0.717) is 17.9 Å². The monoisotopic (exact) mass is 327 g/mol. The lowest BCUT2D eigenvalue weighted by atomic mass is 10.1. The van der Waals surface area contributed by atoms with Crippen molar-refractivity contribution in [1.82, 2.24) is 15.5 Å². The topological polar surface area (TPSA) is 101 Å². The smallest absolute Gasteiger partial charge is 0.273 e. The maximum absolute atomic E-state index is 12.2. The highest BCUT2D eigenvalue weighted by atomic mass is 16.5. The Balaban J connectivity index is 1.60. The number of amides is 1. The second kappa shape index (κ2) is 7.10. The Kier molecular flexibility index (Phi) is 4.72. The van der Waals surface area contributed by atoms with E-state index < -0.39 is 6.10 Å². The Labute approximate surface area is 138 Å². The van der Waals surface area contributed by atoms with Crippen LogP contribution in [0, 0.1) is 0 Å². The molecule has 0 radical (unpaired) electrons. The molecule has 3 aromatic rings. The van der Waals surface area contributed by atoms with Gasteiger partial charge in [0.25, 0.3) is 5.91 Å². The van der Waals surface area contributed by atoms with E-state index in [0.717, 1.165) is 5.56 Å². The summed E-state index contributed by atoms with van der Waals surface area (Å²) in [5, 5.41) is 16.6. The number of nitrogens with zero attached hydrogens (tertiary/aromatic N) is 2. The highest BCUT2D eigenvalue weighted by Gasteiger charge is 2.19. The van der Waals surface area contributed by atoms with Crippen LogP contribution in [0.2, 0.25) is 0 Å². The molecule has 2 atom stereocenters. The zero-order chi connectivity index (χ0) is 16.9. The first kappa shape index (κ1) is 15.9. The Morgan fingerprint density at radius 3 is 2.96 bits per heavy atom. The van der Waals surface area contributed by atoms with E-state index >= 15 is 0 Å². The first-order valence-electron chi connectivity index (χ1n) is 7.53. The van der Waals surface area contributed by atoms with Crippen molar-refractivity contribution in [2.45, 2.75) is 25.5 Å². The van der Waals surface area contributed by atoms with Gasteiger partial charge in [-0.1, -0.05) is 5.16 Å². The summed E-state index contributed by atoms with van der Waals surface area (Å²) in [5.74, 6) is 0.570. The van der Waals surface area contributed by atoms with Gasteiger partial charge in [-0.05, 0) is 31.2 Å². The number of rotatable bonds is 6. The summed E-state index contributed by atoms with van der Waals surface area (Å²) in [6.45, 7) is 1.80. The van der Waals surface area contributed by atoms with Crippen LogP contribution >= 0.6 is 0 Å². The van der Waals surface area contributed by atoms with Gasteiger partial charge in [0, 0.05) is 36.5 Å². The number of aromatic nitrogens is 2. The molecule has 0 saturated heterocycles. The third kappa shape index (κ3) is 3.69. The minimum absolute atomic E-state index is 0.174. The van der Waals surface area contributed by atoms with Gasteiger partial charge in [-0.2, -0.15) is 0 Å². The minimum Gasteiger partial charge on any atom is -0.467 e. The molecule has 0 saturated carbocycles. The van der Waals surface area contributed by atoms with E-state index in [2.05, 4.69) is 15.5 Å². The number of aliphatic hydroxyl groups is 1. The van der Waals surface area contributed by atoms with Gasteiger partial charge in [-0.15, -0.1) is 0 Å². The van der Waals surface area contributed by atoms with E-state index in [1.807, 2.05) is 6.07 Å². The van der Waals surface area contributed by atoms with Gasteiger partial charge in [-0.25, -0.2) is 0 Å². The van der Waals surface area contributed by atoms with Crippen LogP contribution in [0.5, 0.6) is 0 Å². The minimum atomic E-state index is -0.779. The first-order valence-corrected chi connectivity index (χ1v) is 7.53. The Bertz CT molecular complexity index is 783. The van der Waals surface area contributed by atoms with Crippen molar-refractivity contribution in [2.24, 2.45) is 0 Å². The number of aliphatic hydroxyl groups excluding tert-OH is 1. The quantitative estimate of drug-likeness (QED) is 0.721. The molecule has 2 N–H and O–H groups in total. The summed E-state index contributed by atoms with van der Waals surface area (Å²) in [7, 11) is 0. The molecule has 3 aromatic heterocycles. The lowest BCUT2D eigenvalue weighted by Crippen LogP contribution is -2.33. The molecule has 124 valence electrons. The molecule has 24 heavy (non-hydrogen) atoms. The predicted octanol–water partition coefficient (Wildman–Crippen LogP) is 2.57. The molecule has 1 amide bonds. The molecule has 7 heteroatoms. The number of furan rings is 1. The van der Waals surface area contributed by atoms with Crippen molar-refractivity contribution in [3.05, 3.63) is 60.4 Å². The molecule has 0 aliphatic heterocycles. The van der Waals surface area contributed by atoms with Gasteiger partial charge in [0.05, 0.1) is 6.26 Å². The lowest BCUT2D eigenvalue weighted by molar-refractivity contribution is 0.0894. The van der Waals surface area contributed by atoms with Crippen molar-refractivity contribution in [1.29, 1.82) is 0 Å². The van der Waals surface area contributed by atoms with E-state index in [1.54, 1.807) is 43.6 Å². The lowest BCUT2D eigenvalue weighted by Gasteiger charge is -2.15. The van der Waals surface area contributed by atoms with Gasteiger partial charge in [0.1, 0.15) is 11.9 Å². The van der Waals surface area contributed by atoms with Crippen molar-refractivity contribution in [2.75, 3.05) is 0 Å². The van der Waals surface area contributed by atoms with E-state index in [1.165, 1.54) is 6.26 Å². The molecule has 0 aromatic carbocycles. The fourth-order valence-electron chi connectivity index (χ4n) is 2.32. The van der Waals surface area contributed by atoms with Gasteiger partial charge >= 0.3 is 0 Å². The fourth-order valence-corrected chi connectivity index (χ4v) is 2.32. The molecule has 0 spiro atoms. The van der Waals surface area contributed by atoms with Crippen LogP contribution in [-0.4, -0.2) is 27.2 Å². The molecule has 0 fully saturated rings. The molecule has 7 nitrogen and oxygen atoms in total. The normalized spacial score (nSPS) is 13.4. The average Bonchev–Trinajstić information content (AvgIpc) is 3.27. The fraction of sp³-hybridized carbons (Fsp3) is 0.235. The Morgan fingerprint density at radius 1 is 1.38 bits per heavy atom. The van der Waals surface area contributed by atoms with Crippen LogP contribution < -0.4 is 5.32 Å². The first-order chi connectivity index (χ1) is 11.6. The van der Waals surface area contributed by atoms with Crippen LogP contribution in [0.4, 0.5) is 0 Å². The number of carbonyl (C=O) groups excluding carboxylic acids is 1. The van der Waals surface area contributed by atoms with Gasteiger partial charge in [0.15, 0.2) is 11.5 Å². The van der Waals surface area contributed by atoms with Crippen molar-refractivity contribution in [3.63, 3.8) is 0 Å². The van der Waals surface area contributed by atoms with Gasteiger partial charge < -0.3 is 19.4 Å². The van der Waals surface area contributed by atoms with Crippen LogP contribution in [0.25, 0.3) is 11.3 Å². The molecular weight excluding hydrogens is 310 g/mol. The number of carbonyl (C=O) groups is 1. The van der Waals surface area contributed by atoms with Crippen LogP contribution in [-0.2, 0) is 0 Å². The molecule has 0 bridgehead atoms. The Morgan fingerprint density at radius 2 is 2.25 bits per heavy atom. The molecular formula is C17H17N3O4. The largest absolute Gasteiger partial charge is 0.467 e. The van der Waals surface area contributed by atoms with Crippen LogP contribution in [0.3, 0.4) is 0 Å². The standard InChI is InChI=1S/C17H17N3O4/c1-11(8-14(21)15-5-3-7-23-15)19-17(22)13-9-16(24-20-13)12-4-2-6-18-10-12/h2-7,9-11,14,21H,8H2,1H3,(H,19,22).